The summed E-state index contributed by atoms with van der Waals surface area (Å²) in [7, 11) is 0. The summed E-state index contributed by atoms with van der Waals surface area (Å²) >= 11 is 6.17. The quantitative estimate of drug-likeness (QED) is 0.583. The molecule has 0 saturated heterocycles. The van der Waals surface area contributed by atoms with Crippen LogP contribution in [0.1, 0.15) is 22.3 Å². The van der Waals surface area contributed by atoms with E-state index in [0.29, 0.717) is 11.6 Å². The van der Waals surface area contributed by atoms with Gasteiger partial charge in [0.25, 0.3) is 0 Å². The van der Waals surface area contributed by atoms with Gasteiger partial charge in [-0.2, -0.15) is 5.26 Å². The molecule has 0 bridgehead atoms. The standard InChI is InChI=1S/C22H18ClNO/c23-21-12-13-22(25-16-17-6-2-1-3-7-17)19(14-21)11-10-18-8-4-5-9-20(18)15-24/h1-9,12-14H,10-11,16H2. The SMILES string of the molecule is N#Cc1ccccc1CCc1cc(Cl)ccc1OCc1ccccc1. The van der Waals surface area contributed by atoms with Gasteiger partial charge in [0.1, 0.15) is 12.4 Å². The van der Waals surface area contributed by atoms with E-state index in [1.165, 1.54) is 0 Å². The first-order valence-electron chi connectivity index (χ1n) is 8.19. The van der Waals surface area contributed by atoms with E-state index in [1.54, 1.807) is 0 Å². The molecule has 3 aromatic carbocycles. The van der Waals surface area contributed by atoms with Crippen LogP contribution in [-0.4, -0.2) is 0 Å². The molecule has 0 atom stereocenters. The van der Waals surface area contributed by atoms with Crippen molar-refractivity contribution in [2.24, 2.45) is 0 Å². The third-order valence-electron chi connectivity index (χ3n) is 4.06. The number of ether oxygens (including phenoxy) is 1. The average Bonchev–Trinajstić information content (AvgIpc) is 2.66. The van der Waals surface area contributed by atoms with Crippen molar-refractivity contribution >= 4 is 11.6 Å². The summed E-state index contributed by atoms with van der Waals surface area (Å²) in [5, 5.41) is 9.92. The Hall–Kier alpha value is -2.76. The van der Waals surface area contributed by atoms with Crippen LogP contribution in [0.2, 0.25) is 5.02 Å². The van der Waals surface area contributed by atoms with Gasteiger partial charge in [0.05, 0.1) is 11.6 Å². The maximum atomic E-state index is 9.23. The second-order valence-electron chi connectivity index (χ2n) is 5.80. The zero-order chi connectivity index (χ0) is 17.5. The predicted molar refractivity (Wildman–Crippen MR) is 101 cm³/mol. The van der Waals surface area contributed by atoms with E-state index in [4.69, 9.17) is 16.3 Å². The maximum Gasteiger partial charge on any atom is 0.123 e. The van der Waals surface area contributed by atoms with Gasteiger partial charge >= 0.3 is 0 Å². The van der Waals surface area contributed by atoms with Crippen molar-refractivity contribution in [3.05, 3.63) is 100 Å². The van der Waals surface area contributed by atoms with Crippen LogP contribution in [0.3, 0.4) is 0 Å². The fourth-order valence-corrected chi connectivity index (χ4v) is 2.93. The zero-order valence-electron chi connectivity index (χ0n) is 13.8. The zero-order valence-corrected chi connectivity index (χ0v) is 14.5. The Kier molecular flexibility index (Phi) is 5.72. The van der Waals surface area contributed by atoms with Crippen LogP contribution in [-0.2, 0) is 19.4 Å². The van der Waals surface area contributed by atoms with Crippen LogP contribution < -0.4 is 4.74 Å². The molecule has 0 radical (unpaired) electrons. The van der Waals surface area contributed by atoms with Crippen LogP contribution >= 0.6 is 11.6 Å². The van der Waals surface area contributed by atoms with Gasteiger partial charge < -0.3 is 4.74 Å². The predicted octanol–water partition coefficient (Wildman–Crippen LogP) is 5.58. The lowest BCUT2D eigenvalue weighted by Crippen LogP contribution is -2.01. The molecule has 2 nitrogen and oxygen atoms in total. The monoisotopic (exact) mass is 347 g/mol. The molecule has 0 aliphatic carbocycles. The Morgan fingerprint density at radius 2 is 1.56 bits per heavy atom. The van der Waals surface area contributed by atoms with Gasteiger partial charge in [-0.05, 0) is 53.8 Å². The van der Waals surface area contributed by atoms with E-state index >= 15 is 0 Å². The lowest BCUT2D eigenvalue weighted by atomic mass is 10.00. The van der Waals surface area contributed by atoms with Gasteiger partial charge in [-0.1, -0.05) is 60.1 Å². The van der Waals surface area contributed by atoms with Gasteiger partial charge in [-0.25, -0.2) is 0 Å². The molecule has 0 heterocycles. The molecule has 0 aliphatic rings. The van der Waals surface area contributed by atoms with E-state index in [-0.39, 0.29) is 0 Å². The maximum absolute atomic E-state index is 9.23. The van der Waals surface area contributed by atoms with Gasteiger partial charge in [-0.3, -0.25) is 0 Å². The minimum absolute atomic E-state index is 0.518. The Bertz CT molecular complexity index is 884. The number of benzene rings is 3. The highest BCUT2D eigenvalue weighted by Gasteiger charge is 2.08. The van der Waals surface area contributed by atoms with E-state index in [0.717, 1.165) is 40.8 Å². The summed E-state index contributed by atoms with van der Waals surface area (Å²) in [5.74, 6) is 0.836. The molecule has 0 aromatic heterocycles. The van der Waals surface area contributed by atoms with Crippen molar-refractivity contribution in [2.75, 3.05) is 0 Å². The number of halogens is 1. The molecule has 25 heavy (non-hydrogen) atoms. The van der Waals surface area contributed by atoms with Crippen molar-refractivity contribution in [3.8, 4) is 11.8 Å². The summed E-state index contributed by atoms with van der Waals surface area (Å²) in [5.41, 5.74) is 3.93. The summed E-state index contributed by atoms with van der Waals surface area (Å²) < 4.78 is 6.00. The Morgan fingerprint density at radius 3 is 2.36 bits per heavy atom. The number of nitrogens with zero attached hydrogens (tertiary/aromatic N) is 1. The number of hydrogen-bond donors (Lipinski definition) is 0. The first-order chi connectivity index (χ1) is 12.3. The lowest BCUT2D eigenvalue weighted by molar-refractivity contribution is 0.303. The average molecular weight is 348 g/mol. The molecule has 0 amide bonds. The van der Waals surface area contributed by atoms with E-state index in [9.17, 15) is 5.26 Å². The summed E-state index contributed by atoms with van der Waals surface area (Å²) in [6, 6.07) is 25.7. The molecular weight excluding hydrogens is 330 g/mol. The minimum Gasteiger partial charge on any atom is -0.489 e. The lowest BCUT2D eigenvalue weighted by Gasteiger charge is -2.13. The van der Waals surface area contributed by atoms with E-state index < -0.39 is 0 Å². The van der Waals surface area contributed by atoms with Crippen molar-refractivity contribution in [3.63, 3.8) is 0 Å². The summed E-state index contributed by atoms with van der Waals surface area (Å²) in [6.45, 7) is 0.518. The third-order valence-corrected chi connectivity index (χ3v) is 4.30. The number of rotatable bonds is 6. The van der Waals surface area contributed by atoms with Crippen LogP contribution in [0.4, 0.5) is 0 Å². The highest BCUT2D eigenvalue weighted by atomic mass is 35.5. The number of aryl methyl sites for hydroxylation is 2. The van der Waals surface area contributed by atoms with Crippen molar-refractivity contribution < 1.29 is 4.74 Å². The van der Waals surface area contributed by atoms with Gasteiger partial charge in [0.15, 0.2) is 0 Å². The molecule has 3 aromatic rings. The number of nitriles is 1. The van der Waals surface area contributed by atoms with Gasteiger partial charge in [0, 0.05) is 5.02 Å². The minimum atomic E-state index is 0.518. The Morgan fingerprint density at radius 1 is 0.840 bits per heavy atom. The Labute approximate surface area is 153 Å². The van der Waals surface area contributed by atoms with Crippen molar-refractivity contribution in [2.45, 2.75) is 19.4 Å². The molecule has 0 spiro atoms. The van der Waals surface area contributed by atoms with Crippen LogP contribution in [0.25, 0.3) is 0 Å². The molecule has 3 heteroatoms. The molecular formula is C22H18ClNO. The molecule has 124 valence electrons. The van der Waals surface area contributed by atoms with E-state index in [2.05, 4.69) is 6.07 Å². The molecule has 0 fully saturated rings. The Balaban J connectivity index is 1.74. The van der Waals surface area contributed by atoms with Crippen molar-refractivity contribution in [1.82, 2.24) is 0 Å². The molecule has 0 N–H and O–H groups in total. The topological polar surface area (TPSA) is 33.0 Å². The molecule has 0 saturated carbocycles. The fourth-order valence-electron chi connectivity index (χ4n) is 2.74. The third kappa shape index (κ3) is 4.62. The fraction of sp³-hybridized carbons (Fsp3) is 0.136. The van der Waals surface area contributed by atoms with E-state index in [1.807, 2.05) is 72.8 Å². The second-order valence-corrected chi connectivity index (χ2v) is 6.23. The molecule has 3 rings (SSSR count). The van der Waals surface area contributed by atoms with Crippen LogP contribution in [0.15, 0.2) is 72.8 Å². The number of hydrogen-bond acceptors (Lipinski definition) is 2. The first-order valence-corrected chi connectivity index (χ1v) is 8.57. The van der Waals surface area contributed by atoms with Crippen LogP contribution in [0.5, 0.6) is 5.75 Å². The van der Waals surface area contributed by atoms with Gasteiger partial charge in [-0.15, -0.1) is 0 Å². The van der Waals surface area contributed by atoms with Crippen LogP contribution in [0, 0.1) is 11.3 Å². The summed E-state index contributed by atoms with van der Waals surface area (Å²) in [6.07, 6.45) is 1.54. The molecule has 0 unspecified atom stereocenters. The van der Waals surface area contributed by atoms with Gasteiger partial charge in [0.2, 0.25) is 0 Å². The second kappa shape index (κ2) is 8.37. The normalized spacial score (nSPS) is 10.2. The van der Waals surface area contributed by atoms with Crippen molar-refractivity contribution in [1.29, 1.82) is 5.26 Å². The summed E-state index contributed by atoms with van der Waals surface area (Å²) in [4.78, 5) is 0. The highest BCUT2D eigenvalue weighted by molar-refractivity contribution is 6.30. The first kappa shape index (κ1) is 17.1. The molecule has 0 aliphatic heterocycles. The highest BCUT2D eigenvalue weighted by Crippen LogP contribution is 2.26. The largest absolute Gasteiger partial charge is 0.489 e. The smallest absolute Gasteiger partial charge is 0.123 e.